The van der Waals surface area contributed by atoms with Gasteiger partial charge in [-0.2, -0.15) is 0 Å². The number of benzene rings is 1. The number of carbonyl (C=O) groups excluding carboxylic acids is 1. The van der Waals surface area contributed by atoms with Gasteiger partial charge in [0.1, 0.15) is 6.29 Å². The molecular formula is C10H7BrO. The van der Waals surface area contributed by atoms with Gasteiger partial charge in [-0.05, 0) is 29.7 Å². The molecule has 0 saturated carbocycles. The first kappa shape index (κ1) is 7.74. The lowest BCUT2D eigenvalue weighted by Gasteiger charge is -1.99. The van der Waals surface area contributed by atoms with Crippen LogP contribution in [0.2, 0.25) is 0 Å². The molecule has 60 valence electrons. The van der Waals surface area contributed by atoms with Crippen LogP contribution in [0.4, 0.5) is 0 Å². The Morgan fingerprint density at radius 2 is 2.25 bits per heavy atom. The Balaban J connectivity index is 2.57. The topological polar surface area (TPSA) is 17.1 Å². The fraction of sp³-hybridized carbons (Fsp3) is 0.100. The normalized spacial score (nSPS) is 13.9. The zero-order chi connectivity index (χ0) is 8.55. The van der Waals surface area contributed by atoms with Crippen LogP contribution >= 0.6 is 15.9 Å². The minimum Gasteiger partial charge on any atom is -0.298 e. The van der Waals surface area contributed by atoms with Crippen molar-refractivity contribution >= 4 is 27.8 Å². The van der Waals surface area contributed by atoms with E-state index in [1.165, 1.54) is 5.56 Å². The van der Waals surface area contributed by atoms with Gasteiger partial charge in [-0.1, -0.05) is 28.1 Å². The maximum atomic E-state index is 10.6. The maximum Gasteiger partial charge on any atom is 0.150 e. The summed E-state index contributed by atoms with van der Waals surface area (Å²) >= 11 is 3.38. The second-order valence-electron chi connectivity index (χ2n) is 2.78. The third-order valence-corrected chi connectivity index (χ3v) is 2.55. The highest BCUT2D eigenvalue weighted by Crippen LogP contribution is 2.28. The van der Waals surface area contributed by atoms with Crippen molar-refractivity contribution in [2.75, 3.05) is 0 Å². The van der Waals surface area contributed by atoms with Gasteiger partial charge in [0.2, 0.25) is 0 Å². The van der Waals surface area contributed by atoms with Gasteiger partial charge in [-0.25, -0.2) is 0 Å². The van der Waals surface area contributed by atoms with E-state index in [1.807, 2.05) is 24.3 Å². The number of hydrogen-bond acceptors (Lipinski definition) is 1. The van der Waals surface area contributed by atoms with Crippen LogP contribution in [0.5, 0.6) is 0 Å². The molecule has 0 spiro atoms. The molecule has 0 bridgehead atoms. The molecule has 0 atom stereocenters. The van der Waals surface area contributed by atoms with Crippen LogP contribution in [0.1, 0.15) is 11.1 Å². The van der Waals surface area contributed by atoms with E-state index >= 15 is 0 Å². The second-order valence-corrected chi connectivity index (χ2v) is 3.70. The zero-order valence-electron chi connectivity index (χ0n) is 6.38. The van der Waals surface area contributed by atoms with Crippen molar-refractivity contribution < 1.29 is 4.79 Å². The monoisotopic (exact) mass is 222 g/mol. The molecule has 1 aliphatic carbocycles. The van der Waals surface area contributed by atoms with E-state index in [9.17, 15) is 4.79 Å². The van der Waals surface area contributed by atoms with Crippen molar-refractivity contribution in [1.29, 1.82) is 0 Å². The summed E-state index contributed by atoms with van der Waals surface area (Å²) in [6.07, 6.45) is 3.76. The number of carbonyl (C=O) groups is 1. The second kappa shape index (κ2) is 2.87. The summed E-state index contributed by atoms with van der Waals surface area (Å²) in [5.41, 5.74) is 3.12. The molecule has 0 radical (unpaired) electrons. The minimum absolute atomic E-state index is 0.811. The Bertz CT molecular complexity index is 366. The van der Waals surface area contributed by atoms with Gasteiger partial charge in [-0.15, -0.1) is 0 Å². The lowest BCUT2D eigenvalue weighted by Crippen LogP contribution is -1.84. The van der Waals surface area contributed by atoms with Crippen LogP contribution in [0.25, 0.3) is 5.57 Å². The summed E-state index contributed by atoms with van der Waals surface area (Å²) in [5, 5.41) is 0. The molecule has 2 heteroatoms. The van der Waals surface area contributed by atoms with Crippen LogP contribution in [-0.4, -0.2) is 6.29 Å². The van der Waals surface area contributed by atoms with E-state index in [-0.39, 0.29) is 0 Å². The van der Waals surface area contributed by atoms with Crippen molar-refractivity contribution in [2.45, 2.75) is 6.42 Å². The van der Waals surface area contributed by atoms with Crippen LogP contribution in [0, 0.1) is 0 Å². The summed E-state index contributed by atoms with van der Waals surface area (Å²) in [7, 11) is 0. The van der Waals surface area contributed by atoms with E-state index in [4.69, 9.17) is 0 Å². The first-order valence-corrected chi connectivity index (χ1v) is 4.54. The standard InChI is InChI=1S/C10H7BrO/c11-9-4-3-7-1-2-8(6-12)10(7)5-9/h2-6H,1H2. The smallest absolute Gasteiger partial charge is 0.150 e. The molecule has 0 N–H and O–H groups in total. The van der Waals surface area contributed by atoms with E-state index in [2.05, 4.69) is 15.9 Å². The van der Waals surface area contributed by atoms with Gasteiger partial charge in [0.15, 0.2) is 0 Å². The molecule has 0 unspecified atom stereocenters. The third kappa shape index (κ3) is 1.12. The molecule has 1 aromatic rings. The SMILES string of the molecule is O=CC1=CCc2ccc(Br)cc21. The zero-order valence-corrected chi connectivity index (χ0v) is 7.97. The molecule has 1 nitrogen and oxygen atoms in total. The average molecular weight is 223 g/mol. The van der Waals surface area contributed by atoms with Gasteiger partial charge in [-0.3, -0.25) is 4.79 Å². The minimum atomic E-state index is 0.811. The summed E-state index contributed by atoms with van der Waals surface area (Å²) in [4.78, 5) is 10.6. The largest absolute Gasteiger partial charge is 0.298 e. The highest BCUT2D eigenvalue weighted by molar-refractivity contribution is 9.10. The lowest BCUT2D eigenvalue weighted by atomic mass is 10.1. The first-order valence-electron chi connectivity index (χ1n) is 3.75. The van der Waals surface area contributed by atoms with Crippen molar-refractivity contribution in [3.63, 3.8) is 0 Å². The van der Waals surface area contributed by atoms with E-state index in [0.29, 0.717) is 0 Å². The number of halogens is 1. The number of rotatable bonds is 1. The maximum absolute atomic E-state index is 10.6. The number of hydrogen-bond donors (Lipinski definition) is 0. The van der Waals surface area contributed by atoms with Crippen molar-refractivity contribution in [3.8, 4) is 0 Å². The third-order valence-electron chi connectivity index (χ3n) is 2.05. The van der Waals surface area contributed by atoms with Crippen molar-refractivity contribution in [1.82, 2.24) is 0 Å². The molecular weight excluding hydrogens is 216 g/mol. The average Bonchev–Trinajstić information content (AvgIpc) is 2.46. The predicted octanol–water partition coefficient (Wildman–Crippen LogP) is 2.59. The molecule has 1 aromatic carbocycles. The molecule has 0 heterocycles. The Hall–Kier alpha value is -0.890. The predicted molar refractivity (Wildman–Crippen MR) is 51.9 cm³/mol. The molecule has 0 aromatic heterocycles. The molecule has 1 aliphatic rings. The molecule has 2 rings (SSSR count). The van der Waals surface area contributed by atoms with Gasteiger partial charge < -0.3 is 0 Å². The van der Waals surface area contributed by atoms with Gasteiger partial charge in [0, 0.05) is 10.0 Å². The number of allylic oxidation sites excluding steroid dienone is 2. The van der Waals surface area contributed by atoms with Gasteiger partial charge >= 0.3 is 0 Å². The molecule has 0 amide bonds. The number of fused-ring (bicyclic) bond motifs is 1. The summed E-state index contributed by atoms with van der Waals surface area (Å²) in [5.74, 6) is 0. The fourth-order valence-electron chi connectivity index (χ4n) is 1.44. The molecule has 0 saturated heterocycles. The van der Waals surface area contributed by atoms with Gasteiger partial charge in [0.25, 0.3) is 0 Å². The van der Waals surface area contributed by atoms with E-state index in [1.54, 1.807) is 0 Å². The van der Waals surface area contributed by atoms with Crippen LogP contribution in [-0.2, 0) is 11.2 Å². The van der Waals surface area contributed by atoms with Crippen LogP contribution in [0.3, 0.4) is 0 Å². The van der Waals surface area contributed by atoms with Crippen molar-refractivity contribution in [2.24, 2.45) is 0 Å². The highest BCUT2D eigenvalue weighted by atomic mass is 79.9. The van der Waals surface area contributed by atoms with E-state index in [0.717, 1.165) is 28.3 Å². The molecule has 0 fully saturated rings. The fourth-order valence-corrected chi connectivity index (χ4v) is 1.80. The quantitative estimate of drug-likeness (QED) is 0.668. The number of aldehydes is 1. The van der Waals surface area contributed by atoms with Crippen LogP contribution in [0.15, 0.2) is 28.7 Å². The Kier molecular flexibility index (Phi) is 1.85. The summed E-state index contributed by atoms with van der Waals surface area (Å²) in [6, 6.07) is 6.04. The Morgan fingerprint density at radius 1 is 1.42 bits per heavy atom. The Morgan fingerprint density at radius 3 is 3.00 bits per heavy atom. The highest BCUT2D eigenvalue weighted by Gasteiger charge is 2.12. The lowest BCUT2D eigenvalue weighted by molar-refractivity contribution is -0.103. The van der Waals surface area contributed by atoms with Crippen LogP contribution < -0.4 is 0 Å². The van der Waals surface area contributed by atoms with Crippen molar-refractivity contribution in [3.05, 3.63) is 39.9 Å². The van der Waals surface area contributed by atoms with Gasteiger partial charge in [0.05, 0.1) is 0 Å². The molecule has 0 aliphatic heterocycles. The summed E-state index contributed by atoms with van der Waals surface area (Å²) < 4.78 is 1.02. The van der Waals surface area contributed by atoms with E-state index < -0.39 is 0 Å². The summed E-state index contributed by atoms with van der Waals surface area (Å²) in [6.45, 7) is 0. The Labute approximate surface area is 79.2 Å². The first-order chi connectivity index (χ1) is 5.81. The molecule has 12 heavy (non-hydrogen) atoms.